The van der Waals surface area contributed by atoms with Crippen LogP contribution in [-0.2, 0) is 4.79 Å². The van der Waals surface area contributed by atoms with Gasteiger partial charge in [0.05, 0.1) is 5.60 Å². The molecule has 0 atom stereocenters. The topological polar surface area (TPSA) is 64.6 Å². The fourth-order valence-electron chi connectivity index (χ4n) is 4.91. The first-order valence-electron chi connectivity index (χ1n) is 11.8. The molecule has 0 spiro atoms. The first-order chi connectivity index (χ1) is 15.0. The standard InChI is InChI=1S/C26H39N3O2/c1-3-14-26(31,15-4-2)20-27-22-12-16-29(17-13-22)24-11-7-10-23(19-24)28-25(30)18-21-8-5-6-9-21/h3-4,7,10-11,19,21-22,27,31H,1-2,5-6,8-9,12-18,20H2,(H,28,30). The lowest BCUT2D eigenvalue weighted by Gasteiger charge is -2.36. The summed E-state index contributed by atoms with van der Waals surface area (Å²) < 4.78 is 0. The third-order valence-corrected chi connectivity index (χ3v) is 6.71. The highest BCUT2D eigenvalue weighted by atomic mass is 16.3. The summed E-state index contributed by atoms with van der Waals surface area (Å²) in [6.45, 7) is 9.99. The molecule has 5 heteroatoms. The summed E-state index contributed by atoms with van der Waals surface area (Å²) in [5, 5.41) is 17.4. The normalized spacial score (nSPS) is 18.2. The fourth-order valence-corrected chi connectivity index (χ4v) is 4.91. The second kappa shape index (κ2) is 11.5. The van der Waals surface area contributed by atoms with Crippen LogP contribution in [-0.4, -0.2) is 42.3 Å². The van der Waals surface area contributed by atoms with Crippen LogP contribution in [0.5, 0.6) is 0 Å². The van der Waals surface area contributed by atoms with Gasteiger partial charge in [-0.15, -0.1) is 13.2 Å². The highest BCUT2D eigenvalue weighted by molar-refractivity contribution is 5.91. The van der Waals surface area contributed by atoms with Gasteiger partial charge in [0, 0.05) is 43.5 Å². The van der Waals surface area contributed by atoms with Crippen LogP contribution in [0, 0.1) is 5.92 Å². The molecule has 1 aliphatic heterocycles. The van der Waals surface area contributed by atoms with Crippen molar-refractivity contribution in [1.29, 1.82) is 0 Å². The number of nitrogens with zero attached hydrogens (tertiary/aromatic N) is 1. The summed E-state index contributed by atoms with van der Waals surface area (Å²) in [4.78, 5) is 14.8. The van der Waals surface area contributed by atoms with Crippen molar-refractivity contribution < 1.29 is 9.90 Å². The summed E-state index contributed by atoms with van der Waals surface area (Å²) >= 11 is 0. The SMILES string of the molecule is C=CCC(O)(CC=C)CNC1CCN(c2cccc(NC(=O)CC3CCCC3)c2)CC1. The van der Waals surface area contributed by atoms with E-state index in [9.17, 15) is 9.90 Å². The third kappa shape index (κ3) is 7.22. The summed E-state index contributed by atoms with van der Waals surface area (Å²) in [6.07, 6.45) is 12.3. The van der Waals surface area contributed by atoms with Gasteiger partial charge in [0.2, 0.25) is 5.91 Å². The zero-order chi connectivity index (χ0) is 22.1. The minimum atomic E-state index is -0.800. The largest absolute Gasteiger partial charge is 0.388 e. The number of amides is 1. The molecule has 1 saturated carbocycles. The van der Waals surface area contributed by atoms with E-state index >= 15 is 0 Å². The van der Waals surface area contributed by atoms with E-state index in [1.54, 1.807) is 12.2 Å². The molecule has 3 N–H and O–H groups in total. The molecule has 1 aliphatic carbocycles. The summed E-state index contributed by atoms with van der Waals surface area (Å²) in [7, 11) is 0. The highest BCUT2D eigenvalue weighted by Crippen LogP contribution is 2.28. The summed E-state index contributed by atoms with van der Waals surface area (Å²) in [6, 6.07) is 8.60. The molecule has 1 heterocycles. The average Bonchev–Trinajstić information content (AvgIpc) is 3.26. The molecule has 1 aromatic rings. The van der Waals surface area contributed by atoms with Crippen molar-refractivity contribution in [3.63, 3.8) is 0 Å². The molecule has 1 saturated heterocycles. The Hall–Kier alpha value is -2.11. The van der Waals surface area contributed by atoms with Crippen LogP contribution in [0.2, 0.25) is 0 Å². The third-order valence-electron chi connectivity index (χ3n) is 6.71. The van der Waals surface area contributed by atoms with Gasteiger partial charge in [-0.25, -0.2) is 0 Å². The second-order valence-corrected chi connectivity index (χ2v) is 9.31. The number of carbonyl (C=O) groups excluding carboxylic acids is 1. The Kier molecular flexibility index (Phi) is 8.73. The predicted octanol–water partition coefficient (Wildman–Crippen LogP) is 4.65. The van der Waals surface area contributed by atoms with Gasteiger partial charge < -0.3 is 20.6 Å². The van der Waals surface area contributed by atoms with E-state index in [4.69, 9.17) is 0 Å². The Balaban J connectivity index is 1.47. The maximum atomic E-state index is 12.4. The lowest BCUT2D eigenvalue weighted by molar-refractivity contribution is -0.117. The van der Waals surface area contributed by atoms with Gasteiger partial charge in [-0.05, 0) is 62.6 Å². The van der Waals surface area contributed by atoms with Gasteiger partial charge in [0.1, 0.15) is 0 Å². The van der Waals surface area contributed by atoms with E-state index < -0.39 is 5.60 Å². The molecule has 0 bridgehead atoms. The molecule has 170 valence electrons. The van der Waals surface area contributed by atoms with E-state index in [2.05, 4.69) is 40.8 Å². The molecule has 0 unspecified atom stereocenters. The number of rotatable bonds is 11. The Morgan fingerprint density at radius 3 is 2.45 bits per heavy atom. The van der Waals surface area contributed by atoms with Crippen molar-refractivity contribution in [1.82, 2.24) is 5.32 Å². The second-order valence-electron chi connectivity index (χ2n) is 9.31. The fraction of sp³-hybridized carbons (Fsp3) is 0.577. The minimum Gasteiger partial charge on any atom is -0.388 e. The summed E-state index contributed by atoms with van der Waals surface area (Å²) in [5.41, 5.74) is 1.25. The minimum absolute atomic E-state index is 0.137. The predicted molar refractivity (Wildman–Crippen MR) is 129 cm³/mol. The molecule has 0 radical (unpaired) electrons. The van der Waals surface area contributed by atoms with Crippen molar-refractivity contribution in [3.8, 4) is 0 Å². The molecule has 2 fully saturated rings. The maximum absolute atomic E-state index is 12.4. The molecular formula is C26H39N3O2. The number of carbonyl (C=O) groups is 1. The first-order valence-corrected chi connectivity index (χ1v) is 11.8. The van der Waals surface area contributed by atoms with Gasteiger partial charge in [-0.3, -0.25) is 4.79 Å². The van der Waals surface area contributed by atoms with Crippen LogP contribution in [0.15, 0.2) is 49.6 Å². The van der Waals surface area contributed by atoms with Gasteiger partial charge in [-0.2, -0.15) is 0 Å². The molecule has 3 rings (SSSR count). The van der Waals surface area contributed by atoms with Crippen LogP contribution in [0.25, 0.3) is 0 Å². The Bertz CT molecular complexity index is 724. The van der Waals surface area contributed by atoms with Crippen molar-refractivity contribution in [2.45, 2.75) is 69.4 Å². The van der Waals surface area contributed by atoms with Gasteiger partial charge >= 0.3 is 0 Å². The van der Waals surface area contributed by atoms with E-state index in [0.29, 0.717) is 37.8 Å². The number of aliphatic hydroxyl groups is 1. The van der Waals surface area contributed by atoms with Crippen LogP contribution in [0.4, 0.5) is 11.4 Å². The molecule has 2 aliphatic rings. The average molecular weight is 426 g/mol. The van der Waals surface area contributed by atoms with E-state index in [0.717, 1.165) is 37.3 Å². The van der Waals surface area contributed by atoms with E-state index in [1.807, 2.05) is 12.1 Å². The number of hydrogen-bond acceptors (Lipinski definition) is 4. The van der Waals surface area contributed by atoms with Gasteiger partial charge in [-0.1, -0.05) is 31.1 Å². The van der Waals surface area contributed by atoms with Crippen molar-refractivity contribution in [2.75, 3.05) is 29.9 Å². The molecule has 1 amide bonds. The number of hydrogen-bond donors (Lipinski definition) is 3. The lowest BCUT2D eigenvalue weighted by Crippen LogP contribution is -2.48. The quantitative estimate of drug-likeness (QED) is 0.452. The van der Waals surface area contributed by atoms with Gasteiger partial charge in [0.25, 0.3) is 0 Å². The number of anilines is 2. The van der Waals surface area contributed by atoms with Crippen molar-refractivity contribution >= 4 is 17.3 Å². The highest BCUT2D eigenvalue weighted by Gasteiger charge is 2.26. The maximum Gasteiger partial charge on any atom is 0.224 e. The van der Waals surface area contributed by atoms with Crippen LogP contribution in [0.3, 0.4) is 0 Å². The summed E-state index contributed by atoms with van der Waals surface area (Å²) in [5.74, 6) is 0.698. The molecule has 1 aromatic carbocycles. The van der Waals surface area contributed by atoms with Crippen molar-refractivity contribution in [2.24, 2.45) is 5.92 Å². The van der Waals surface area contributed by atoms with Gasteiger partial charge in [0.15, 0.2) is 0 Å². The zero-order valence-electron chi connectivity index (χ0n) is 18.8. The molecule has 31 heavy (non-hydrogen) atoms. The molecule has 0 aromatic heterocycles. The Morgan fingerprint density at radius 1 is 1.13 bits per heavy atom. The lowest BCUT2D eigenvalue weighted by atomic mass is 9.94. The van der Waals surface area contributed by atoms with Crippen molar-refractivity contribution in [3.05, 3.63) is 49.6 Å². The smallest absolute Gasteiger partial charge is 0.224 e. The number of piperidine rings is 1. The first kappa shape index (κ1) is 23.6. The number of nitrogens with one attached hydrogen (secondary N) is 2. The Morgan fingerprint density at radius 2 is 1.81 bits per heavy atom. The molecular weight excluding hydrogens is 386 g/mol. The number of benzene rings is 1. The zero-order valence-corrected chi connectivity index (χ0v) is 18.8. The monoisotopic (exact) mass is 425 g/mol. The Labute approximate surface area is 187 Å². The van der Waals surface area contributed by atoms with E-state index in [-0.39, 0.29) is 5.91 Å². The van der Waals surface area contributed by atoms with Crippen LogP contribution < -0.4 is 15.5 Å². The van der Waals surface area contributed by atoms with Crippen LogP contribution in [0.1, 0.15) is 57.8 Å². The van der Waals surface area contributed by atoms with Crippen LogP contribution >= 0.6 is 0 Å². The van der Waals surface area contributed by atoms with E-state index in [1.165, 1.54) is 25.7 Å². The molecule has 5 nitrogen and oxygen atoms in total.